The molecule has 0 unspecified atom stereocenters. The van der Waals surface area contributed by atoms with Crippen LogP contribution in [-0.2, 0) is 5.41 Å². The Balaban J connectivity index is 1.22. The van der Waals surface area contributed by atoms with E-state index in [4.69, 9.17) is 4.42 Å². The van der Waals surface area contributed by atoms with E-state index in [2.05, 4.69) is 218 Å². The summed E-state index contributed by atoms with van der Waals surface area (Å²) >= 11 is 0. The van der Waals surface area contributed by atoms with Crippen LogP contribution in [0.1, 0.15) is 53.1 Å². The fourth-order valence-corrected chi connectivity index (χ4v) is 10.7. The van der Waals surface area contributed by atoms with Gasteiger partial charge in [0.05, 0.1) is 5.52 Å². The van der Waals surface area contributed by atoms with Gasteiger partial charge in [-0.25, -0.2) is 0 Å². The largest absolute Gasteiger partial charge is 0.454 e. The first kappa shape index (κ1) is 34.0. The molecule has 0 atom stereocenters. The highest BCUT2D eigenvalue weighted by atomic mass is 16.3. The lowest BCUT2D eigenvalue weighted by Crippen LogP contribution is -2.63. The van der Waals surface area contributed by atoms with Crippen molar-refractivity contribution in [3.05, 3.63) is 221 Å². The van der Waals surface area contributed by atoms with Crippen molar-refractivity contribution in [3.63, 3.8) is 0 Å². The van der Waals surface area contributed by atoms with Crippen LogP contribution in [0.15, 0.2) is 192 Å². The number of aromatic nitrogens is 1. The molecule has 0 amide bonds. The van der Waals surface area contributed by atoms with Gasteiger partial charge < -0.3 is 13.9 Å². The van der Waals surface area contributed by atoms with Gasteiger partial charge in [0, 0.05) is 50.9 Å². The number of fused-ring (bicyclic) bond motifs is 9. The number of benzene rings is 8. The first-order valence-corrected chi connectivity index (χ1v) is 20.8. The van der Waals surface area contributed by atoms with E-state index >= 15 is 0 Å². The average Bonchev–Trinajstić information content (AvgIpc) is 3.81. The highest BCUT2D eigenvalue weighted by Crippen LogP contribution is 2.48. The molecule has 4 heterocycles. The van der Waals surface area contributed by atoms with Crippen molar-refractivity contribution in [2.24, 2.45) is 0 Å². The number of anilines is 3. The van der Waals surface area contributed by atoms with Crippen LogP contribution in [0.5, 0.6) is 0 Å². The van der Waals surface area contributed by atoms with Crippen LogP contribution in [0, 0.1) is 6.92 Å². The normalized spacial score (nSPS) is 13.6. The van der Waals surface area contributed by atoms with Crippen LogP contribution in [0.4, 0.5) is 17.1 Å². The molecule has 0 fully saturated rings. The quantitative estimate of drug-likeness (QED) is 0.124. The first-order valence-electron chi connectivity index (χ1n) is 20.8. The summed E-state index contributed by atoms with van der Waals surface area (Å²) in [5.74, 6) is -0.00651. The van der Waals surface area contributed by atoms with Crippen molar-refractivity contribution in [2.45, 2.75) is 32.1 Å². The Bertz CT molecular complexity index is 3180. The Hall–Kier alpha value is -7.04. The van der Waals surface area contributed by atoms with Gasteiger partial charge in [0.2, 0.25) is 6.71 Å². The lowest BCUT2D eigenvalue weighted by molar-refractivity contribution is 0.644. The van der Waals surface area contributed by atoms with Gasteiger partial charge in [0.1, 0.15) is 11.1 Å². The molecule has 0 radical (unpaired) electrons. The topological polar surface area (TPSA) is 21.3 Å². The Morgan fingerprint density at radius 3 is 1.83 bits per heavy atom. The van der Waals surface area contributed by atoms with E-state index in [9.17, 15) is 0 Å². The first-order chi connectivity index (χ1) is 29.0. The molecule has 3 nitrogen and oxygen atoms in total. The summed E-state index contributed by atoms with van der Waals surface area (Å²) in [5.41, 5.74) is 20.5. The molecule has 4 heteroatoms. The van der Waals surface area contributed by atoms with Crippen LogP contribution < -0.4 is 21.3 Å². The summed E-state index contributed by atoms with van der Waals surface area (Å²) in [6.45, 7) is 7.17. The number of para-hydroxylation sites is 2. The van der Waals surface area contributed by atoms with E-state index in [1.54, 1.807) is 0 Å². The number of nitrogens with zero attached hydrogens (tertiary/aromatic N) is 2. The highest BCUT2D eigenvalue weighted by Gasteiger charge is 2.46. The maximum atomic E-state index is 7.38. The molecule has 2 aliphatic heterocycles. The third-order valence-electron chi connectivity index (χ3n) is 13.2. The Labute approximate surface area is 344 Å². The Kier molecular flexibility index (Phi) is 7.35. The SMILES string of the molecule is Cc1cc2c3c(c1)C(C)(C)c1ccccc1B3c1ccc(C(c3ccccc3)c3ccccc3)c3c4oc5cc(N(c6ccccc6)c6ccccc6)ccc5c4n-2c13. The third-order valence-corrected chi connectivity index (χ3v) is 13.2. The van der Waals surface area contributed by atoms with Crippen LogP contribution in [0.25, 0.3) is 38.7 Å². The van der Waals surface area contributed by atoms with Gasteiger partial charge in [0.25, 0.3) is 0 Å². The molecule has 0 saturated carbocycles. The third kappa shape index (κ3) is 4.90. The molecule has 0 aliphatic carbocycles. The second kappa shape index (κ2) is 12.7. The van der Waals surface area contributed by atoms with Crippen molar-refractivity contribution in [1.82, 2.24) is 4.57 Å². The molecule has 280 valence electrons. The zero-order valence-corrected chi connectivity index (χ0v) is 33.4. The van der Waals surface area contributed by atoms with Gasteiger partial charge in [-0.15, -0.1) is 0 Å². The molecule has 0 bridgehead atoms. The van der Waals surface area contributed by atoms with Crippen molar-refractivity contribution in [1.29, 1.82) is 0 Å². The number of hydrogen-bond acceptors (Lipinski definition) is 2. The van der Waals surface area contributed by atoms with Crippen molar-refractivity contribution in [2.75, 3.05) is 4.90 Å². The van der Waals surface area contributed by atoms with Crippen molar-refractivity contribution < 1.29 is 4.42 Å². The van der Waals surface area contributed by atoms with Crippen LogP contribution in [0.2, 0.25) is 0 Å². The van der Waals surface area contributed by atoms with Gasteiger partial charge in [-0.1, -0.05) is 159 Å². The summed E-state index contributed by atoms with van der Waals surface area (Å²) < 4.78 is 9.96. The van der Waals surface area contributed by atoms with Crippen LogP contribution in [0.3, 0.4) is 0 Å². The summed E-state index contributed by atoms with van der Waals surface area (Å²) in [7, 11) is 0. The summed E-state index contributed by atoms with van der Waals surface area (Å²) in [6.07, 6.45) is 0. The molecule has 2 aliphatic rings. The highest BCUT2D eigenvalue weighted by molar-refractivity contribution is 6.99. The maximum absolute atomic E-state index is 7.38. The zero-order chi connectivity index (χ0) is 39.4. The van der Waals surface area contributed by atoms with Crippen LogP contribution in [-0.4, -0.2) is 11.3 Å². The number of hydrogen-bond donors (Lipinski definition) is 0. The van der Waals surface area contributed by atoms with E-state index in [1.807, 2.05) is 0 Å². The molecule has 0 N–H and O–H groups in total. The molecule has 59 heavy (non-hydrogen) atoms. The summed E-state index contributed by atoms with van der Waals surface area (Å²) in [6, 6.07) is 68.8. The monoisotopic (exact) mass is 756 g/mol. The fourth-order valence-electron chi connectivity index (χ4n) is 10.7. The minimum atomic E-state index is -0.163. The van der Waals surface area contributed by atoms with E-state index in [1.165, 1.54) is 66.4 Å². The van der Waals surface area contributed by atoms with E-state index < -0.39 is 0 Å². The molecule has 0 saturated heterocycles. The minimum absolute atomic E-state index is 0.00651. The predicted octanol–water partition coefficient (Wildman–Crippen LogP) is 12.0. The summed E-state index contributed by atoms with van der Waals surface area (Å²) in [4.78, 5) is 2.31. The van der Waals surface area contributed by atoms with E-state index in [0.29, 0.717) is 0 Å². The van der Waals surface area contributed by atoms with Gasteiger partial charge >= 0.3 is 0 Å². The molecule has 2 aromatic heterocycles. The van der Waals surface area contributed by atoms with Crippen molar-refractivity contribution in [3.8, 4) is 5.69 Å². The fraction of sp³-hybridized carbons (Fsp3) is 0.0909. The van der Waals surface area contributed by atoms with Gasteiger partial charge in [0.15, 0.2) is 5.58 Å². The molecular formula is C55H41BN2O. The smallest absolute Gasteiger partial charge is 0.247 e. The molecule has 10 aromatic rings. The van der Waals surface area contributed by atoms with Gasteiger partial charge in [-0.05, 0) is 93.7 Å². The molecule has 8 aromatic carbocycles. The maximum Gasteiger partial charge on any atom is 0.247 e. The van der Waals surface area contributed by atoms with E-state index in [0.717, 1.165) is 39.1 Å². The Morgan fingerprint density at radius 1 is 0.559 bits per heavy atom. The second-order valence-corrected chi connectivity index (χ2v) is 16.9. The average molecular weight is 757 g/mol. The minimum Gasteiger partial charge on any atom is -0.454 e. The van der Waals surface area contributed by atoms with Crippen LogP contribution >= 0.6 is 0 Å². The molecular weight excluding hydrogens is 715 g/mol. The zero-order valence-electron chi connectivity index (χ0n) is 33.4. The van der Waals surface area contributed by atoms with Gasteiger partial charge in [-0.2, -0.15) is 0 Å². The van der Waals surface area contributed by atoms with Gasteiger partial charge in [-0.3, -0.25) is 0 Å². The second-order valence-electron chi connectivity index (χ2n) is 16.9. The lowest BCUT2D eigenvalue weighted by Gasteiger charge is -2.42. The standard InChI is InChI=1S/C55H41BN2O/c1-35-32-44-51-47(33-35)58-52-41-29-28-40(57(38-22-12-6-13-23-38)39-24-14-7-15-25-39)34-48(41)59-54(52)50-42(49(36-18-8-4-9-19-36)37-20-10-5-11-21-37)30-31-46(53(50)58)56(51)45-27-17-16-26-43(45)55(44,2)3/h4-34,49H,1-3H3. The molecule has 0 spiro atoms. The number of aryl methyl sites for hydroxylation is 1. The van der Waals surface area contributed by atoms with Crippen molar-refractivity contribution >= 4 is 73.1 Å². The molecule has 12 rings (SSSR count). The lowest BCUT2D eigenvalue weighted by atomic mass is 9.30. The number of furan rings is 1. The number of rotatable bonds is 6. The summed E-state index contributed by atoms with van der Waals surface area (Å²) in [5, 5.41) is 2.30. The van der Waals surface area contributed by atoms with E-state index in [-0.39, 0.29) is 18.0 Å². The predicted molar refractivity (Wildman–Crippen MR) is 247 cm³/mol. The Morgan fingerprint density at radius 2 is 1.17 bits per heavy atom.